The number of carbonyl (C=O) groups excluding carboxylic acids is 1. The molecule has 1 atom stereocenters. The number of aryl methyl sites for hydroxylation is 1. The minimum Gasteiger partial charge on any atom is -0.469 e. The number of aliphatic hydroxyl groups excluding tert-OH is 1. The van der Waals surface area contributed by atoms with Gasteiger partial charge in [0.05, 0.1) is 19.6 Å². The molecule has 1 aromatic heterocycles. The number of fused-ring (bicyclic) bond motifs is 1. The molecule has 1 unspecified atom stereocenters. The molecule has 0 fully saturated rings. The van der Waals surface area contributed by atoms with Gasteiger partial charge in [-0.2, -0.15) is 0 Å². The van der Waals surface area contributed by atoms with Crippen LogP contribution in [0.15, 0.2) is 22.6 Å². The Kier molecular flexibility index (Phi) is 4.01. The van der Waals surface area contributed by atoms with Crippen LogP contribution >= 0.6 is 0 Å². The lowest BCUT2D eigenvalue weighted by atomic mass is 10.2. The summed E-state index contributed by atoms with van der Waals surface area (Å²) in [4.78, 5) is 15.2. The number of carbonyl (C=O) groups is 1. The van der Waals surface area contributed by atoms with Gasteiger partial charge in [0, 0.05) is 25.2 Å². The molecule has 0 spiro atoms. The zero-order chi connectivity index (χ0) is 13.8. The number of nitrogens with one attached hydrogen (secondary N) is 1. The van der Waals surface area contributed by atoms with Crippen LogP contribution in [0.1, 0.15) is 12.3 Å². The van der Waals surface area contributed by atoms with Crippen molar-refractivity contribution in [2.24, 2.45) is 0 Å². The molecule has 19 heavy (non-hydrogen) atoms. The van der Waals surface area contributed by atoms with E-state index in [0.717, 1.165) is 11.2 Å². The van der Waals surface area contributed by atoms with Gasteiger partial charge in [0.1, 0.15) is 5.52 Å². The summed E-state index contributed by atoms with van der Waals surface area (Å²) in [5, 5.41) is 12.7. The Labute approximate surface area is 110 Å². The van der Waals surface area contributed by atoms with Crippen molar-refractivity contribution < 1.29 is 19.1 Å². The van der Waals surface area contributed by atoms with Crippen molar-refractivity contribution in [3.63, 3.8) is 0 Å². The van der Waals surface area contributed by atoms with Crippen LogP contribution in [0.5, 0.6) is 0 Å². The average molecular weight is 264 g/mol. The van der Waals surface area contributed by atoms with E-state index in [0.29, 0.717) is 11.5 Å². The van der Waals surface area contributed by atoms with E-state index < -0.39 is 12.1 Å². The monoisotopic (exact) mass is 264 g/mol. The second kappa shape index (κ2) is 5.71. The van der Waals surface area contributed by atoms with Crippen LogP contribution in [0.25, 0.3) is 11.1 Å². The first-order chi connectivity index (χ1) is 9.08. The summed E-state index contributed by atoms with van der Waals surface area (Å²) in [5.41, 5.74) is 2.27. The molecule has 6 nitrogen and oxygen atoms in total. The quantitative estimate of drug-likeness (QED) is 0.795. The number of esters is 1. The first-order valence-corrected chi connectivity index (χ1v) is 5.94. The lowest BCUT2D eigenvalue weighted by Gasteiger charge is -2.11. The highest BCUT2D eigenvalue weighted by Crippen LogP contribution is 2.19. The normalized spacial score (nSPS) is 12.4. The highest BCUT2D eigenvalue weighted by Gasteiger charge is 2.11. The Bertz CT molecular complexity index is 579. The third-order valence-corrected chi connectivity index (χ3v) is 2.67. The summed E-state index contributed by atoms with van der Waals surface area (Å²) >= 11 is 0. The number of rotatable bonds is 5. The van der Waals surface area contributed by atoms with Crippen molar-refractivity contribution >= 4 is 22.8 Å². The molecular formula is C13H16N2O4. The van der Waals surface area contributed by atoms with Gasteiger partial charge in [0.2, 0.25) is 0 Å². The van der Waals surface area contributed by atoms with Gasteiger partial charge in [-0.15, -0.1) is 0 Å². The fourth-order valence-corrected chi connectivity index (χ4v) is 1.73. The Morgan fingerprint density at radius 3 is 3.11 bits per heavy atom. The number of aromatic nitrogens is 1. The van der Waals surface area contributed by atoms with Crippen LogP contribution in [-0.2, 0) is 9.53 Å². The largest absolute Gasteiger partial charge is 0.469 e. The molecule has 2 aromatic rings. The zero-order valence-corrected chi connectivity index (χ0v) is 10.8. The van der Waals surface area contributed by atoms with Crippen molar-refractivity contribution in [2.75, 3.05) is 19.0 Å². The van der Waals surface area contributed by atoms with Crippen molar-refractivity contribution in [3.8, 4) is 0 Å². The van der Waals surface area contributed by atoms with E-state index >= 15 is 0 Å². The number of aliphatic hydroxyl groups is 1. The van der Waals surface area contributed by atoms with Crippen molar-refractivity contribution in [3.05, 3.63) is 24.1 Å². The maximum atomic E-state index is 11.0. The van der Waals surface area contributed by atoms with E-state index in [4.69, 9.17) is 4.42 Å². The molecular weight excluding hydrogens is 248 g/mol. The molecule has 1 aromatic carbocycles. The van der Waals surface area contributed by atoms with Crippen LogP contribution < -0.4 is 5.32 Å². The highest BCUT2D eigenvalue weighted by molar-refractivity contribution is 5.77. The summed E-state index contributed by atoms with van der Waals surface area (Å²) in [6.07, 6.45) is -0.827. The Balaban J connectivity index is 1.95. The predicted octanol–water partition coefficient (Wildman–Crippen LogP) is 1.47. The lowest BCUT2D eigenvalue weighted by molar-refractivity contribution is -0.142. The Morgan fingerprint density at radius 1 is 1.58 bits per heavy atom. The number of benzene rings is 1. The molecule has 6 heteroatoms. The number of methoxy groups -OCH3 is 1. The smallest absolute Gasteiger partial charge is 0.308 e. The van der Waals surface area contributed by atoms with Crippen LogP contribution in [0.2, 0.25) is 0 Å². The number of hydrogen-bond donors (Lipinski definition) is 2. The molecule has 0 bridgehead atoms. The third-order valence-electron chi connectivity index (χ3n) is 2.67. The molecule has 0 saturated heterocycles. The van der Waals surface area contributed by atoms with E-state index in [9.17, 15) is 9.90 Å². The van der Waals surface area contributed by atoms with Crippen LogP contribution in [0, 0.1) is 6.92 Å². The molecule has 0 aliphatic carbocycles. The van der Waals surface area contributed by atoms with Gasteiger partial charge >= 0.3 is 5.97 Å². The van der Waals surface area contributed by atoms with E-state index in [1.165, 1.54) is 7.11 Å². The first kappa shape index (κ1) is 13.4. The fraction of sp³-hybridized carbons (Fsp3) is 0.385. The summed E-state index contributed by atoms with van der Waals surface area (Å²) in [6, 6.07) is 5.48. The standard InChI is InChI=1S/C13H16N2O4/c1-8-15-11-4-3-9(5-12(11)19-8)14-7-10(16)6-13(17)18-2/h3-5,10,14,16H,6-7H2,1-2H3. The van der Waals surface area contributed by atoms with E-state index in [-0.39, 0.29) is 13.0 Å². The van der Waals surface area contributed by atoms with Crippen LogP contribution in [-0.4, -0.2) is 35.8 Å². The molecule has 1 heterocycles. The van der Waals surface area contributed by atoms with Crippen LogP contribution in [0.4, 0.5) is 5.69 Å². The van der Waals surface area contributed by atoms with Crippen molar-refractivity contribution in [1.29, 1.82) is 0 Å². The zero-order valence-electron chi connectivity index (χ0n) is 10.8. The summed E-state index contributed by atoms with van der Waals surface area (Å²) < 4.78 is 9.89. The predicted molar refractivity (Wildman–Crippen MR) is 69.9 cm³/mol. The molecule has 0 amide bonds. The molecule has 2 N–H and O–H groups in total. The highest BCUT2D eigenvalue weighted by atomic mass is 16.5. The molecule has 0 saturated carbocycles. The minimum absolute atomic E-state index is 0.0346. The third kappa shape index (κ3) is 3.45. The topological polar surface area (TPSA) is 84.6 Å². The Morgan fingerprint density at radius 2 is 2.37 bits per heavy atom. The Hall–Kier alpha value is -2.08. The number of ether oxygens (including phenoxy) is 1. The SMILES string of the molecule is COC(=O)CC(O)CNc1ccc2nc(C)oc2c1. The summed E-state index contributed by atoms with van der Waals surface area (Å²) in [6.45, 7) is 2.04. The first-order valence-electron chi connectivity index (χ1n) is 5.94. The minimum atomic E-state index is -0.792. The number of hydrogen-bond acceptors (Lipinski definition) is 6. The lowest BCUT2D eigenvalue weighted by Crippen LogP contribution is -2.23. The van der Waals surface area contributed by atoms with E-state index in [2.05, 4.69) is 15.0 Å². The van der Waals surface area contributed by atoms with Crippen LogP contribution in [0.3, 0.4) is 0 Å². The molecule has 0 aliphatic rings. The summed E-state index contributed by atoms with van der Waals surface area (Å²) in [5.74, 6) is 0.175. The number of anilines is 1. The maximum absolute atomic E-state index is 11.0. The molecule has 0 aliphatic heterocycles. The average Bonchev–Trinajstić information content (AvgIpc) is 2.75. The van der Waals surface area contributed by atoms with Gasteiger partial charge in [0.15, 0.2) is 11.5 Å². The van der Waals surface area contributed by atoms with Gasteiger partial charge in [-0.25, -0.2) is 4.98 Å². The van der Waals surface area contributed by atoms with E-state index in [1.807, 2.05) is 12.1 Å². The van der Waals surface area contributed by atoms with Crippen molar-refractivity contribution in [1.82, 2.24) is 4.98 Å². The number of oxazole rings is 1. The second-order valence-corrected chi connectivity index (χ2v) is 4.23. The molecule has 2 rings (SSSR count). The molecule has 0 radical (unpaired) electrons. The van der Waals surface area contributed by atoms with Gasteiger partial charge in [-0.3, -0.25) is 4.79 Å². The number of nitrogens with zero attached hydrogens (tertiary/aromatic N) is 1. The maximum Gasteiger partial charge on any atom is 0.308 e. The summed E-state index contributed by atoms with van der Waals surface area (Å²) in [7, 11) is 1.29. The molecule has 102 valence electrons. The van der Waals surface area contributed by atoms with Crippen molar-refractivity contribution in [2.45, 2.75) is 19.4 Å². The second-order valence-electron chi connectivity index (χ2n) is 4.23. The van der Waals surface area contributed by atoms with Gasteiger partial charge in [0.25, 0.3) is 0 Å². The van der Waals surface area contributed by atoms with Gasteiger partial charge in [-0.05, 0) is 12.1 Å². The van der Waals surface area contributed by atoms with Gasteiger partial charge in [-0.1, -0.05) is 0 Å². The fourth-order valence-electron chi connectivity index (χ4n) is 1.73. The van der Waals surface area contributed by atoms with E-state index in [1.54, 1.807) is 13.0 Å². The van der Waals surface area contributed by atoms with Gasteiger partial charge < -0.3 is 19.6 Å².